The van der Waals surface area contributed by atoms with E-state index in [0.29, 0.717) is 12.0 Å². The fraction of sp³-hybridized carbons (Fsp3) is 0.538. The lowest BCUT2D eigenvalue weighted by atomic mass is 10.1. The Morgan fingerprint density at radius 2 is 1.82 bits per heavy atom. The van der Waals surface area contributed by atoms with E-state index in [1.54, 1.807) is 0 Å². The molecule has 0 atom stereocenters. The highest BCUT2D eigenvalue weighted by Crippen LogP contribution is 2.07. The van der Waals surface area contributed by atoms with Gasteiger partial charge in [0.15, 0.2) is 0 Å². The third-order valence-electron chi connectivity index (χ3n) is 2.36. The van der Waals surface area contributed by atoms with Crippen LogP contribution < -0.4 is 5.32 Å². The van der Waals surface area contributed by atoms with Crippen molar-refractivity contribution in [3.05, 3.63) is 35.4 Å². The smallest absolute Gasteiger partial charge is 0.126 e. The highest BCUT2D eigenvalue weighted by Gasteiger charge is 2.00. The monoisotopic (exact) mass is 243 g/mol. The molecule has 0 fully saturated rings. The molecular weight excluding hydrogens is 224 g/mol. The lowest BCUT2D eigenvalue weighted by molar-refractivity contribution is 0.145. The first kappa shape index (κ1) is 14.1. The molecule has 0 aliphatic rings. The highest BCUT2D eigenvalue weighted by atomic mass is 19.1. The van der Waals surface area contributed by atoms with Crippen LogP contribution in [0.1, 0.15) is 18.9 Å². The number of halogens is 2. The second kappa shape index (κ2) is 8.14. The van der Waals surface area contributed by atoms with Crippen LogP contribution in [-0.4, -0.2) is 26.3 Å². The molecule has 0 aliphatic heterocycles. The van der Waals surface area contributed by atoms with Gasteiger partial charge in [-0.3, -0.25) is 0 Å². The average molecular weight is 243 g/mol. The summed E-state index contributed by atoms with van der Waals surface area (Å²) in [7, 11) is 0. The summed E-state index contributed by atoms with van der Waals surface area (Å²) in [5.41, 5.74) is 0.680. The third kappa shape index (κ3) is 6.34. The van der Waals surface area contributed by atoms with Gasteiger partial charge in [0.25, 0.3) is 0 Å². The Labute approximate surface area is 101 Å². The van der Waals surface area contributed by atoms with Crippen molar-refractivity contribution >= 4 is 0 Å². The zero-order valence-electron chi connectivity index (χ0n) is 10.1. The van der Waals surface area contributed by atoms with Crippen molar-refractivity contribution in [1.82, 2.24) is 5.32 Å². The minimum atomic E-state index is -0.517. The van der Waals surface area contributed by atoms with Crippen molar-refractivity contribution < 1.29 is 13.5 Å². The lowest BCUT2D eigenvalue weighted by Gasteiger charge is -2.05. The fourth-order valence-electron chi connectivity index (χ4n) is 1.56. The van der Waals surface area contributed by atoms with E-state index < -0.39 is 11.6 Å². The number of nitrogens with one attached hydrogen (secondary N) is 1. The SMILES string of the molecule is CCOCCCNCCc1cc(F)cc(F)c1. The minimum Gasteiger partial charge on any atom is -0.382 e. The zero-order chi connectivity index (χ0) is 12.5. The maximum atomic E-state index is 12.9. The van der Waals surface area contributed by atoms with E-state index in [4.69, 9.17) is 4.74 Å². The predicted octanol–water partition coefficient (Wildman–Crippen LogP) is 2.52. The van der Waals surface area contributed by atoms with Crippen molar-refractivity contribution in [2.45, 2.75) is 19.8 Å². The van der Waals surface area contributed by atoms with Gasteiger partial charge in [0.1, 0.15) is 11.6 Å². The summed E-state index contributed by atoms with van der Waals surface area (Å²) in [6, 6.07) is 3.62. The van der Waals surface area contributed by atoms with Gasteiger partial charge < -0.3 is 10.1 Å². The number of ether oxygens (including phenoxy) is 1. The summed E-state index contributed by atoms with van der Waals surface area (Å²) < 4.78 is 30.9. The summed E-state index contributed by atoms with van der Waals surface area (Å²) in [5, 5.41) is 3.21. The van der Waals surface area contributed by atoms with Crippen LogP contribution >= 0.6 is 0 Å². The molecule has 4 heteroatoms. The quantitative estimate of drug-likeness (QED) is 0.708. The van der Waals surface area contributed by atoms with E-state index in [9.17, 15) is 8.78 Å². The molecule has 0 aromatic heterocycles. The maximum absolute atomic E-state index is 12.9. The van der Waals surface area contributed by atoms with E-state index in [2.05, 4.69) is 5.32 Å². The van der Waals surface area contributed by atoms with Crippen LogP contribution in [0.2, 0.25) is 0 Å². The Hall–Kier alpha value is -1.00. The van der Waals surface area contributed by atoms with Gasteiger partial charge in [0.05, 0.1) is 0 Å². The Balaban J connectivity index is 2.13. The van der Waals surface area contributed by atoms with Gasteiger partial charge in [-0.05, 0) is 50.6 Å². The summed E-state index contributed by atoms with van der Waals surface area (Å²) in [6.07, 6.45) is 1.58. The molecule has 96 valence electrons. The molecule has 1 aromatic rings. The number of hydrogen-bond donors (Lipinski definition) is 1. The summed E-state index contributed by atoms with van der Waals surface area (Å²) >= 11 is 0. The fourth-order valence-corrected chi connectivity index (χ4v) is 1.56. The second-order valence-electron chi connectivity index (χ2n) is 3.83. The molecule has 1 rings (SSSR count). The van der Waals surface area contributed by atoms with Crippen molar-refractivity contribution in [2.75, 3.05) is 26.3 Å². The topological polar surface area (TPSA) is 21.3 Å². The Morgan fingerprint density at radius 3 is 2.47 bits per heavy atom. The third-order valence-corrected chi connectivity index (χ3v) is 2.36. The van der Waals surface area contributed by atoms with Gasteiger partial charge in [-0.15, -0.1) is 0 Å². The maximum Gasteiger partial charge on any atom is 0.126 e. The molecule has 0 saturated carbocycles. The van der Waals surface area contributed by atoms with E-state index in [1.807, 2.05) is 6.92 Å². The van der Waals surface area contributed by atoms with E-state index >= 15 is 0 Å². The summed E-state index contributed by atoms with van der Waals surface area (Å²) in [6.45, 7) is 5.03. The van der Waals surface area contributed by atoms with E-state index in [-0.39, 0.29) is 0 Å². The van der Waals surface area contributed by atoms with Crippen LogP contribution in [0.3, 0.4) is 0 Å². The highest BCUT2D eigenvalue weighted by molar-refractivity contribution is 5.18. The molecule has 0 unspecified atom stereocenters. The van der Waals surface area contributed by atoms with Gasteiger partial charge in [-0.2, -0.15) is 0 Å². The van der Waals surface area contributed by atoms with Crippen molar-refractivity contribution in [3.63, 3.8) is 0 Å². The Morgan fingerprint density at radius 1 is 1.12 bits per heavy atom. The Kier molecular flexibility index (Phi) is 6.74. The van der Waals surface area contributed by atoms with Gasteiger partial charge in [0.2, 0.25) is 0 Å². The standard InChI is InChI=1S/C13H19F2NO/c1-2-17-7-3-5-16-6-4-11-8-12(14)10-13(15)9-11/h8-10,16H,2-7H2,1H3. The molecule has 1 aromatic carbocycles. The molecule has 0 saturated heterocycles. The molecule has 0 aliphatic carbocycles. The van der Waals surface area contributed by atoms with Crippen LogP contribution in [-0.2, 0) is 11.2 Å². The van der Waals surface area contributed by atoms with E-state index in [1.165, 1.54) is 12.1 Å². The molecule has 0 spiro atoms. The van der Waals surface area contributed by atoms with Gasteiger partial charge in [-0.1, -0.05) is 0 Å². The second-order valence-corrected chi connectivity index (χ2v) is 3.83. The van der Waals surface area contributed by atoms with Crippen LogP contribution in [0.5, 0.6) is 0 Å². The molecular formula is C13H19F2NO. The van der Waals surface area contributed by atoms with Gasteiger partial charge in [-0.25, -0.2) is 8.78 Å². The van der Waals surface area contributed by atoms with Gasteiger partial charge >= 0.3 is 0 Å². The Bertz CT molecular complexity index is 311. The first-order valence-electron chi connectivity index (χ1n) is 5.96. The van der Waals surface area contributed by atoms with Crippen molar-refractivity contribution in [3.8, 4) is 0 Å². The molecule has 0 radical (unpaired) electrons. The average Bonchev–Trinajstić information content (AvgIpc) is 2.26. The van der Waals surface area contributed by atoms with Crippen molar-refractivity contribution in [2.24, 2.45) is 0 Å². The van der Waals surface area contributed by atoms with Crippen LogP contribution in [0, 0.1) is 11.6 Å². The zero-order valence-corrected chi connectivity index (χ0v) is 10.1. The molecule has 0 heterocycles. The number of rotatable bonds is 8. The first-order valence-corrected chi connectivity index (χ1v) is 5.96. The normalized spacial score (nSPS) is 10.8. The predicted molar refractivity (Wildman–Crippen MR) is 64.0 cm³/mol. The van der Waals surface area contributed by atoms with Crippen LogP contribution in [0.15, 0.2) is 18.2 Å². The van der Waals surface area contributed by atoms with Crippen LogP contribution in [0.25, 0.3) is 0 Å². The minimum absolute atomic E-state index is 0.517. The van der Waals surface area contributed by atoms with Gasteiger partial charge in [0, 0.05) is 19.3 Å². The van der Waals surface area contributed by atoms with Crippen LogP contribution in [0.4, 0.5) is 8.78 Å². The first-order chi connectivity index (χ1) is 8.22. The largest absolute Gasteiger partial charge is 0.382 e. The number of hydrogen-bond acceptors (Lipinski definition) is 2. The molecule has 0 bridgehead atoms. The van der Waals surface area contributed by atoms with Crippen molar-refractivity contribution in [1.29, 1.82) is 0 Å². The molecule has 1 N–H and O–H groups in total. The summed E-state index contributed by atoms with van der Waals surface area (Å²) in [5.74, 6) is -1.03. The molecule has 0 amide bonds. The lowest BCUT2D eigenvalue weighted by Crippen LogP contribution is -2.19. The molecule has 17 heavy (non-hydrogen) atoms. The number of benzene rings is 1. The molecule has 2 nitrogen and oxygen atoms in total. The summed E-state index contributed by atoms with van der Waals surface area (Å²) in [4.78, 5) is 0. The van der Waals surface area contributed by atoms with E-state index in [0.717, 1.165) is 38.8 Å².